The van der Waals surface area contributed by atoms with Crippen LogP contribution >= 0.6 is 0 Å². The minimum atomic E-state index is -4.02. The third-order valence-corrected chi connectivity index (χ3v) is 6.41. The Balaban J connectivity index is 0.000000178. The summed E-state index contributed by atoms with van der Waals surface area (Å²) in [6.45, 7) is 8.34. The van der Waals surface area contributed by atoms with Crippen molar-refractivity contribution in [2.75, 3.05) is 0 Å². The minimum Gasteiger partial charge on any atom is -0.312 e. The van der Waals surface area contributed by atoms with Gasteiger partial charge in [-0.1, -0.05) is 31.5 Å². The molecular weight excluding hydrogens is 376 g/mol. The molecule has 7 nitrogen and oxygen atoms in total. The van der Waals surface area contributed by atoms with Crippen LogP contribution in [0.1, 0.15) is 68.7 Å². The molecule has 0 saturated carbocycles. The molecule has 0 spiro atoms. The summed E-state index contributed by atoms with van der Waals surface area (Å²) in [7, 11) is -4.02. The number of rotatable bonds is 3. The number of aryl methyl sites for hydroxylation is 2. The van der Waals surface area contributed by atoms with Crippen LogP contribution in [0, 0.1) is 13.8 Å². The van der Waals surface area contributed by atoms with Gasteiger partial charge < -0.3 is 9.88 Å². The molecule has 28 heavy (non-hydrogen) atoms. The summed E-state index contributed by atoms with van der Waals surface area (Å²) >= 11 is 0. The highest BCUT2D eigenvalue weighted by Gasteiger charge is 2.35. The summed E-state index contributed by atoms with van der Waals surface area (Å²) in [4.78, 5) is -0.0666. The molecule has 0 radical (unpaired) electrons. The van der Waals surface area contributed by atoms with Gasteiger partial charge in [0.05, 0.1) is 4.90 Å². The molecule has 2 atom stereocenters. The lowest BCUT2D eigenvalue weighted by Crippen LogP contribution is -2.39. The number of piperidine rings is 1. The Morgan fingerprint density at radius 1 is 1.07 bits per heavy atom. The minimum absolute atomic E-state index is 0.0666. The topological polar surface area (TPSA) is 97.1 Å². The molecule has 4 rings (SSSR count). The summed E-state index contributed by atoms with van der Waals surface area (Å²) in [5.41, 5.74) is 0.956. The van der Waals surface area contributed by atoms with Crippen LogP contribution in [0.5, 0.6) is 0 Å². The highest BCUT2D eigenvalue weighted by atomic mass is 32.2. The third kappa shape index (κ3) is 4.79. The van der Waals surface area contributed by atoms with Crippen LogP contribution in [0.15, 0.2) is 29.2 Å². The molecule has 2 saturated heterocycles. The third-order valence-electron chi connectivity index (χ3n) is 5.54. The number of fused-ring (bicyclic) bond motifs is 2. The van der Waals surface area contributed by atoms with E-state index < -0.39 is 10.1 Å². The zero-order chi connectivity index (χ0) is 20.5. The monoisotopic (exact) mass is 406 g/mol. The first-order valence-electron chi connectivity index (χ1n) is 9.86. The Morgan fingerprint density at radius 3 is 2.14 bits per heavy atom. The number of hydrogen-bond acceptors (Lipinski definition) is 5. The standard InChI is InChI=1S/C13H22N4.C7H8O3S/c1-8(2)13-16-15-9(3)17(13)12-6-10-4-5-11(7-12)14-10;1-6-2-4-7(5-3-6)11(8,9)10/h8,10-12,14H,4-7H2,1-3H3;2-5H,1H3,(H,8,9,10). The van der Waals surface area contributed by atoms with Gasteiger partial charge in [-0.25, -0.2) is 0 Å². The Bertz CT molecular complexity index is 894. The van der Waals surface area contributed by atoms with Crippen molar-refractivity contribution in [2.24, 2.45) is 0 Å². The highest BCUT2D eigenvalue weighted by molar-refractivity contribution is 7.85. The number of nitrogens with zero attached hydrogens (tertiary/aromatic N) is 3. The second-order valence-electron chi connectivity index (χ2n) is 8.18. The first-order valence-corrected chi connectivity index (χ1v) is 11.3. The fourth-order valence-corrected chi connectivity index (χ4v) is 4.66. The maximum atomic E-state index is 10.5. The Morgan fingerprint density at radius 2 is 1.64 bits per heavy atom. The van der Waals surface area contributed by atoms with Gasteiger partial charge in [0.1, 0.15) is 11.6 Å². The maximum Gasteiger partial charge on any atom is 0.294 e. The summed E-state index contributed by atoms with van der Waals surface area (Å²) in [5.74, 6) is 2.71. The van der Waals surface area contributed by atoms with Crippen molar-refractivity contribution in [1.29, 1.82) is 0 Å². The molecule has 8 heteroatoms. The molecule has 2 fully saturated rings. The predicted molar refractivity (Wildman–Crippen MR) is 108 cm³/mol. The van der Waals surface area contributed by atoms with Crippen molar-refractivity contribution in [2.45, 2.75) is 82.3 Å². The van der Waals surface area contributed by atoms with E-state index in [9.17, 15) is 8.42 Å². The number of benzene rings is 1. The van der Waals surface area contributed by atoms with Gasteiger partial charge in [-0.05, 0) is 51.7 Å². The molecule has 0 aliphatic carbocycles. The van der Waals surface area contributed by atoms with Crippen LogP contribution in [0.2, 0.25) is 0 Å². The molecule has 2 aromatic rings. The summed E-state index contributed by atoms with van der Waals surface area (Å²) < 4.78 is 32.0. The van der Waals surface area contributed by atoms with Gasteiger partial charge in [0, 0.05) is 24.0 Å². The second-order valence-corrected chi connectivity index (χ2v) is 9.60. The molecule has 1 aromatic carbocycles. The van der Waals surface area contributed by atoms with E-state index in [0.717, 1.165) is 29.3 Å². The van der Waals surface area contributed by atoms with E-state index >= 15 is 0 Å². The zero-order valence-electron chi connectivity index (χ0n) is 17.0. The molecule has 3 heterocycles. The fourth-order valence-electron chi connectivity index (χ4n) is 4.18. The summed E-state index contributed by atoms with van der Waals surface area (Å²) in [5, 5.41) is 12.3. The van der Waals surface area contributed by atoms with Gasteiger partial charge in [-0.15, -0.1) is 10.2 Å². The smallest absolute Gasteiger partial charge is 0.294 e. The zero-order valence-corrected chi connectivity index (χ0v) is 17.8. The fraction of sp³-hybridized carbons (Fsp3) is 0.600. The lowest BCUT2D eigenvalue weighted by molar-refractivity contribution is 0.288. The van der Waals surface area contributed by atoms with E-state index in [0.29, 0.717) is 12.0 Å². The SMILES string of the molecule is Cc1ccc(S(=O)(=O)O)cc1.Cc1nnc(C(C)C)n1C1CC2CCC(C1)N2. The van der Waals surface area contributed by atoms with E-state index in [2.05, 4.69) is 40.9 Å². The quantitative estimate of drug-likeness (QED) is 0.758. The Kier molecular flexibility index (Phi) is 6.21. The lowest BCUT2D eigenvalue weighted by atomic mass is 9.98. The van der Waals surface area contributed by atoms with Crippen molar-refractivity contribution in [3.63, 3.8) is 0 Å². The maximum absolute atomic E-state index is 10.5. The normalized spacial score (nSPS) is 24.1. The van der Waals surface area contributed by atoms with Crippen LogP contribution in [0.4, 0.5) is 0 Å². The van der Waals surface area contributed by atoms with Crippen LogP contribution in [-0.4, -0.2) is 39.8 Å². The molecular formula is C20H30N4O3S. The molecule has 2 bridgehead atoms. The van der Waals surface area contributed by atoms with Crippen molar-refractivity contribution < 1.29 is 13.0 Å². The highest BCUT2D eigenvalue weighted by Crippen LogP contribution is 2.35. The number of nitrogens with one attached hydrogen (secondary N) is 1. The van der Waals surface area contributed by atoms with Gasteiger partial charge in [0.25, 0.3) is 10.1 Å². The van der Waals surface area contributed by atoms with Gasteiger partial charge in [-0.2, -0.15) is 8.42 Å². The molecule has 0 amide bonds. The molecule has 2 aliphatic rings. The molecule has 2 aliphatic heterocycles. The Labute approximate surface area is 167 Å². The van der Waals surface area contributed by atoms with Crippen molar-refractivity contribution in [3.05, 3.63) is 41.5 Å². The van der Waals surface area contributed by atoms with Crippen LogP contribution in [0.3, 0.4) is 0 Å². The van der Waals surface area contributed by atoms with E-state index in [1.54, 1.807) is 12.1 Å². The van der Waals surface area contributed by atoms with Gasteiger partial charge in [0.2, 0.25) is 0 Å². The lowest BCUT2D eigenvalue weighted by Gasteiger charge is -2.31. The Hall–Kier alpha value is -1.77. The van der Waals surface area contributed by atoms with E-state index in [1.165, 1.54) is 37.8 Å². The average molecular weight is 407 g/mol. The van der Waals surface area contributed by atoms with Gasteiger partial charge in [-0.3, -0.25) is 4.55 Å². The van der Waals surface area contributed by atoms with Crippen LogP contribution < -0.4 is 5.32 Å². The summed E-state index contributed by atoms with van der Waals surface area (Å²) in [6, 6.07) is 8.05. The largest absolute Gasteiger partial charge is 0.312 e. The summed E-state index contributed by atoms with van der Waals surface area (Å²) in [6.07, 6.45) is 5.18. The average Bonchev–Trinajstić information content (AvgIpc) is 3.17. The van der Waals surface area contributed by atoms with E-state index in [4.69, 9.17) is 4.55 Å². The second kappa shape index (κ2) is 8.31. The number of hydrogen-bond donors (Lipinski definition) is 2. The van der Waals surface area contributed by atoms with Crippen molar-refractivity contribution >= 4 is 10.1 Å². The molecule has 2 N–H and O–H groups in total. The molecule has 1 aromatic heterocycles. The van der Waals surface area contributed by atoms with Gasteiger partial charge in [0.15, 0.2) is 0 Å². The predicted octanol–water partition coefficient (Wildman–Crippen LogP) is 3.41. The van der Waals surface area contributed by atoms with Crippen LogP contribution in [0.25, 0.3) is 0 Å². The first kappa shape index (κ1) is 21.0. The van der Waals surface area contributed by atoms with Crippen molar-refractivity contribution in [1.82, 2.24) is 20.1 Å². The van der Waals surface area contributed by atoms with Gasteiger partial charge >= 0.3 is 0 Å². The van der Waals surface area contributed by atoms with E-state index in [-0.39, 0.29) is 4.90 Å². The first-order chi connectivity index (χ1) is 13.1. The molecule has 2 unspecified atom stereocenters. The number of aromatic nitrogens is 3. The van der Waals surface area contributed by atoms with Crippen LogP contribution in [-0.2, 0) is 10.1 Å². The van der Waals surface area contributed by atoms with Crippen molar-refractivity contribution in [3.8, 4) is 0 Å². The van der Waals surface area contributed by atoms with E-state index in [1.807, 2.05) is 6.92 Å². The molecule has 154 valence electrons.